The zero-order valence-corrected chi connectivity index (χ0v) is 9.56. The van der Waals surface area contributed by atoms with Gasteiger partial charge in [0, 0.05) is 0 Å². The summed E-state index contributed by atoms with van der Waals surface area (Å²) in [5.41, 5.74) is 5.72. The molecule has 0 fully saturated rings. The Morgan fingerprint density at radius 2 is 2.12 bits per heavy atom. The number of anilines is 1. The normalized spacial score (nSPS) is 11.7. The van der Waals surface area contributed by atoms with Crippen LogP contribution in [0, 0.1) is 0 Å². The minimum Gasteiger partial charge on any atom is -0.506 e. The van der Waals surface area contributed by atoms with E-state index >= 15 is 0 Å². The third-order valence-corrected chi connectivity index (χ3v) is 2.09. The minimum absolute atomic E-state index is 0.121. The number of esters is 1. The lowest BCUT2D eigenvalue weighted by molar-refractivity contribution is -0.117. The molecule has 0 bridgehead atoms. The van der Waals surface area contributed by atoms with Crippen molar-refractivity contribution in [2.24, 2.45) is 5.73 Å². The van der Waals surface area contributed by atoms with E-state index in [1.807, 2.05) is 0 Å². The van der Waals surface area contributed by atoms with E-state index in [0.29, 0.717) is 0 Å². The highest BCUT2D eigenvalue weighted by molar-refractivity contribution is 5.98. The number of nitrogens with one attached hydrogen (secondary N) is 1. The Bertz CT molecular complexity index is 443. The second-order valence-electron chi connectivity index (χ2n) is 3.50. The largest absolute Gasteiger partial charge is 0.506 e. The zero-order chi connectivity index (χ0) is 13.0. The fourth-order valence-corrected chi connectivity index (χ4v) is 1.13. The van der Waals surface area contributed by atoms with E-state index in [0.717, 1.165) is 0 Å². The number of hydrogen-bond acceptors (Lipinski definition) is 5. The summed E-state index contributed by atoms with van der Waals surface area (Å²) >= 11 is 0. The topological polar surface area (TPSA) is 102 Å². The molecule has 1 rings (SSSR count). The predicted molar refractivity (Wildman–Crippen MR) is 61.7 cm³/mol. The number of hydrogen-bond donors (Lipinski definition) is 3. The first kappa shape index (κ1) is 13.0. The summed E-state index contributed by atoms with van der Waals surface area (Å²) in [5.74, 6) is -1.16. The molecule has 0 spiro atoms. The van der Waals surface area contributed by atoms with Crippen molar-refractivity contribution in [3.05, 3.63) is 23.8 Å². The first-order chi connectivity index (χ1) is 7.95. The number of phenols is 1. The standard InChI is InChI=1S/C11H14N2O4/c1-6(12)10(15)13-8-5-7(11(16)17-2)3-4-9(8)14/h3-6,14H,12H2,1-2H3,(H,13,15)/t6-/m0/s1. The summed E-state index contributed by atoms with van der Waals surface area (Å²) < 4.78 is 4.53. The molecule has 92 valence electrons. The average molecular weight is 238 g/mol. The van der Waals surface area contributed by atoms with Gasteiger partial charge < -0.3 is 20.9 Å². The summed E-state index contributed by atoms with van der Waals surface area (Å²) in [6.07, 6.45) is 0. The van der Waals surface area contributed by atoms with Crippen LogP contribution in [0.1, 0.15) is 17.3 Å². The van der Waals surface area contributed by atoms with Gasteiger partial charge in [0.15, 0.2) is 0 Å². The van der Waals surface area contributed by atoms with Gasteiger partial charge in [-0.15, -0.1) is 0 Å². The van der Waals surface area contributed by atoms with E-state index in [1.54, 1.807) is 0 Å². The number of aromatic hydroxyl groups is 1. The van der Waals surface area contributed by atoms with Gasteiger partial charge in [-0.05, 0) is 25.1 Å². The zero-order valence-electron chi connectivity index (χ0n) is 9.56. The summed E-state index contributed by atoms with van der Waals surface area (Å²) in [6, 6.07) is 3.30. The fourth-order valence-electron chi connectivity index (χ4n) is 1.13. The van der Waals surface area contributed by atoms with Crippen LogP contribution >= 0.6 is 0 Å². The second kappa shape index (κ2) is 5.31. The van der Waals surface area contributed by atoms with Gasteiger partial charge in [-0.2, -0.15) is 0 Å². The smallest absolute Gasteiger partial charge is 0.337 e. The lowest BCUT2D eigenvalue weighted by atomic mass is 10.2. The molecule has 1 aromatic rings. The Labute approximate surface area is 98.4 Å². The van der Waals surface area contributed by atoms with Crippen LogP contribution in [0.4, 0.5) is 5.69 Å². The maximum absolute atomic E-state index is 11.4. The molecule has 0 aliphatic carbocycles. The third-order valence-electron chi connectivity index (χ3n) is 2.09. The highest BCUT2D eigenvalue weighted by Crippen LogP contribution is 2.24. The van der Waals surface area contributed by atoms with Gasteiger partial charge in [-0.3, -0.25) is 4.79 Å². The van der Waals surface area contributed by atoms with Crippen molar-refractivity contribution >= 4 is 17.6 Å². The number of amides is 1. The van der Waals surface area contributed by atoms with Crippen LogP contribution < -0.4 is 11.1 Å². The third kappa shape index (κ3) is 3.18. The minimum atomic E-state index is -0.712. The number of methoxy groups -OCH3 is 1. The molecule has 0 aromatic heterocycles. The average Bonchev–Trinajstić information content (AvgIpc) is 2.30. The van der Waals surface area contributed by atoms with Crippen LogP contribution in [0.15, 0.2) is 18.2 Å². The molecule has 1 aromatic carbocycles. The molecule has 0 radical (unpaired) electrons. The number of carbonyl (C=O) groups is 2. The van der Waals surface area contributed by atoms with Crippen LogP contribution in [0.25, 0.3) is 0 Å². The quantitative estimate of drug-likeness (QED) is 0.524. The Morgan fingerprint density at radius 3 is 2.65 bits per heavy atom. The van der Waals surface area contributed by atoms with E-state index in [4.69, 9.17) is 5.73 Å². The number of benzene rings is 1. The van der Waals surface area contributed by atoms with Crippen molar-refractivity contribution in [1.82, 2.24) is 0 Å². The molecule has 1 atom stereocenters. The molecule has 0 heterocycles. The van der Waals surface area contributed by atoms with Crippen molar-refractivity contribution < 1.29 is 19.4 Å². The molecule has 0 unspecified atom stereocenters. The molecule has 4 N–H and O–H groups in total. The highest BCUT2D eigenvalue weighted by Gasteiger charge is 2.13. The van der Waals surface area contributed by atoms with Gasteiger partial charge in [-0.25, -0.2) is 4.79 Å². The number of phenolic OH excluding ortho intramolecular Hbond substituents is 1. The van der Waals surface area contributed by atoms with Crippen molar-refractivity contribution in [3.8, 4) is 5.75 Å². The lowest BCUT2D eigenvalue weighted by Gasteiger charge is -2.10. The fraction of sp³-hybridized carbons (Fsp3) is 0.273. The monoisotopic (exact) mass is 238 g/mol. The number of ether oxygens (including phenoxy) is 1. The molecule has 17 heavy (non-hydrogen) atoms. The molecular formula is C11H14N2O4. The molecule has 6 nitrogen and oxygen atoms in total. The van der Waals surface area contributed by atoms with Gasteiger partial charge in [-0.1, -0.05) is 0 Å². The van der Waals surface area contributed by atoms with Crippen molar-refractivity contribution in [1.29, 1.82) is 0 Å². The molecule has 0 saturated heterocycles. The van der Waals surface area contributed by atoms with E-state index in [-0.39, 0.29) is 17.0 Å². The SMILES string of the molecule is COC(=O)c1ccc(O)c(NC(=O)[C@H](C)N)c1. The van der Waals surface area contributed by atoms with E-state index < -0.39 is 17.9 Å². The Balaban J connectivity index is 2.99. The van der Waals surface area contributed by atoms with Gasteiger partial charge >= 0.3 is 5.97 Å². The summed E-state index contributed by atoms with van der Waals surface area (Å²) in [4.78, 5) is 22.6. The number of rotatable bonds is 3. The van der Waals surface area contributed by atoms with Gasteiger partial charge in [0.2, 0.25) is 5.91 Å². The van der Waals surface area contributed by atoms with Crippen LogP contribution in [0.5, 0.6) is 5.75 Å². The van der Waals surface area contributed by atoms with Crippen molar-refractivity contribution in [2.75, 3.05) is 12.4 Å². The Morgan fingerprint density at radius 1 is 1.47 bits per heavy atom. The predicted octanol–water partition coefficient (Wildman–Crippen LogP) is 0.464. The van der Waals surface area contributed by atoms with Gasteiger partial charge in [0.25, 0.3) is 0 Å². The van der Waals surface area contributed by atoms with Crippen molar-refractivity contribution in [2.45, 2.75) is 13.0 Å². The maximum Gasteiger partial charge on any atom is 0.337 e. The molecule has 6 heteroatoms. The van der Waals surface area contributed by atoms with E-state index in [9.17, 15) is 14.7 Å². The second-order valence-corrected chi connectivity index (χ2v) is 3.50. The Kier molecular flexibility index (Phi) is 4.06. The van der Waals surface area contributed by atoms with Crippen LogP contribution in [0.3, 0.4) is 0 Å². The lowest BCUT2D eigenvalue weighted by Crippen LogP contribution is -2.32. The molecule has 1 amide bonds. The van der Waals surface area contributed by atoms with E-state index in [1.165, 1.54) is 32.2 Å². The van der Waals surface area contributed by atoms with Crippen LogP contribution in [-0.4, -0.2) is 30.1 Å². The molecule has 0 aliphatic rings. The summed E-state index contributed by atoms with van der Waals surface area (Å²) in [7, 11) is 1.25. The number of nitrogens with two attached hydrogens (primary N) is 1. The first-order valence-electron chi connectivity index (χ1n) is 4.93. The summed E-state index contributed by atoms with van der Waals surface area (Å²) in [6.45, 7) is 1.51. The highest BCUT2D eigenvalue weighted by atomic mass is 16.5. The first-order valence-corrected chi connectivity index (χ1v) is 4.93. The number of carbonyl (C=O) groups excluding carboxylic acids is 2. The molecule has 0 aliphatic heterocycles. The van der Waals surface area contributed by atoms with Crippen LogP contribution in [0.2, 0.25) is 0 Å². The molecular weight excluding hydrogens is 224 g/mol. The van der Waals surface area contributed by atoms with Crippen LogP contribution in [-0.2, 0) is 9.53 Å². The maximum atomic E-state index is 11.4. The van der Waals surface area contributed by atoms with Crippen molar-refractivity contribution in [3.63, 3.8) is 0 Å². The van der Waals surface area contributed by atoms with Gasteiger partial charge in [0.1, 0.15) is 5.75 Å². The van der Waals surface area contributed by atoms with Gasteiger partial charge in [0.05, 0.1) is 24.4 Å². The summed E-state index contributed by atoms with van der Waals surface area (Å²) in [5, 5.41) is 11.9. The van der Waals surface area contributed by atoms with E-state index in [2.05, 4.69) is 10.1 Å². The molecule has 0 saturated carbocycles. The Hall–Kier alpha value is -2.08.